The SMILES string of the molecule is CCOC(=O)[C@@H]1CCCN1[N+](=O)NOCCCCC(=O)Oc1c(C)ncc2c1CO[C@H]2c1ccc(Cl)cc1. The van der Waals surface area contributed by atoms with Gasteiger partial charge in [-0.05, 0) is 57.2 Å². The number of esters is 2. The van der Waals surface area contributed by atoms with Crippen molar-refractivity contribution < 1.29 is 33.6 Å². The summed E-state index contributed by atoms with van der Waals surface area (Å²) < 4.78 is 16.7. The number of rotatable bonds is 12. The van der Waals surface area contributed by atoms with E-state index < -0.39 is 12.0 Å². The van der Waals surface area contributed by atoms with Gasteiger partial charge in [0.25, 0.3) is 4.98 Å². The molecule has 0 saturated carbocycles. The second-order valence-corrected chi connectivity index (χ2v) is 9.50. The molecule has 0 unspecified atom stereocenters. The predicted octanol–water partition coefficient (Wildman–Crippen LogP) is 3.90. The second-order valence-electron chi connectivity index (χ2n) is 9.07. The van der Waals surface area contributed by atoms with Crippen LogP contribution < -0.4 is 10.3 Å². The number of hydrazine groups is 2. The number of nitrogens with one attached hydrogen (secondary N) is 1. The zero-order chi connectivity index (χ0) is 27.1. The van der Waals surface area contributed by atoms with Gasteiger partial charge in [0.15, 0.2) is 11.8 Å². The first-order valence-corrected chi connectivity index (χ1v) is 13.1. The Morgan fingerprint density at radius 1 is 1.26 bits per heavy atom. The lowest BCUT2D eigenvalue weighted by atomic mass is 10.0. The third-order valence-electron chi connectivity index (χ3n) is 6.45. The highest BCUT2D eigenvalue weighted by atomic mass is 35.5. The summed E-state index contributed by atoms with van der Waals surface area (Å²) in [6.45, 7) is 4.71. The number of carbonyl (C=O) groups is 2. The van der Waals surface area contributed by atoms with Crippen molar-refractivity contribution in [1.29, 1.82) is 0 Å². The molecule has 4 rings (SSSR count). The number of fused-ring (bicyclic) bond motifs is 1. The quantitative estimate of drug-likeness (QED) is 0.181. The Kier molecular flexibility index (Phi) is 9.48. The van der Waals surface area contributed by atoms with Crippen molar-refractivity contribution in [3.05, 3.63) is 62.8 Å². The molecule has 2 aliphatic heterocycles. The van der Waals surface area contributed by atoms with Gasteiger partial charge in [0.1, 0.15) is 6.10 Å². The van der Waals surface area contributed by atoms with Gasteiger partial charge in [-0.3, -0.25) is 9.78 Å². The minimum Gasteiger partial charge on any atom is -0.464 e. The molecule has 1 aromatic carbocycles. The molecule has 0 spiro atoms. The number of aryl methyl sites for hydroxylation is 1. The first-order chi connectivity index (χ1) is 18.4. The van der Waals surface area contributed by atoms with Crippen LogP contribution in [0.2, 0.25) is 5.02 Å². The number of nitroso groups, excluding NO2 is 1. The van der Waals surface area contributed by atoms with E-state index in [-0.39, 0.29) is 31.7 Å². The number of unbranched alkanes of at least 4 members (excludes halogenated alkanes) is 1. The second kappa shape index (κ2) is 13.0. The number of benzene rings is 1. The van der Waals surface area contributed by atoms with Gasteiger partial charge in [-0.15, -0.1) is 0 Å². The van der Waals surface area contributed by atoms with E-state index in [1.807, 2.05) is 12.1 Å². The molecule has 1 N–H and O–H groups in total. The molecule has 38 heavy (non-hydrogen) atoms. The van der Waals surface area contributed by atoms with Gasteiger partial charge in [-0.25, -0.2) is 9.63 Å². The molecule has 204 valence electrons. The van der Waals surface area contributed by atoms with Crippen molar-refractivity contribution in [2.45, 2.75) is 64.7 Å². The maximum Gasteiger partial charge on any atom is 0.334 e. The van der Waals surface area contributed by atoms with Crippen LogP contribution in [-0.2, 0) is 30.5 Å². The van der Waals surface area contributed by atoms with Crippen molar-refractivity contribution in [2.75, 3.05) is 19.8 Å². The van der Waals surface area contributed by atoms with E-state index in [0.717, 1.165) is 16.7 Å². The Labute approximate surface area is 225 Å². The summed E-state index contributed by atoms with van der Waals surface area (Å²) in [5.74, 6) is -0.371. The first kappa shape index (κ1) is 27.7. The highest BCUT2D eigenvalue weighted by molar-refractivity contribution is 6.30. The van der Waals surface area contributed by atoms with Crippen LogP contribution in [0.25, 0.3) is 0 Å². The Balaban J connectivity index is 1.21. The summed E-state index contributed by atoms with van der Waals surface area (Å²) in [6.07, 6.45) is 3.91. The number of ether oxygens (including phenoxy) is 3. The van der Waals surface area contributed by atoms with E-state index in [1.54, 1.807) is 32.2 Å². The molecule has 0 radical (unpaired) electrons. The van der Waals surface area contributed by atoms with E-state index in [2.05, 4.69) is 10.6 Å². The van der Waals surface area contributed by atoms with E-state index in [9.17, 15) is 14.5 Å². The predicted molar refractivity (Wildman–Crippen MR) is 136 cm³/mol. The van der Waals surface area contributed by atoms with Gasteiger partial charge in [0.2, 0.25) is 0 Å². The molecule has 1 fully saturated rings. The van der Waals surface area contributed by atoms with Crippen LogP contribution >= 0.6 is 11.6 Å². The summed E-state index contributed by atoms with van der Waals surface area (Å²) in [4.78, 5) is 46.9. The fourth-order valence-corrected chi connectivity index (χ4v) is 4.67. The topological polar surface area (TPSA) is 119 Å². The zero-order valence-corrected chi connectivity index (χ0v) is 22.2. The average Bonchev–Trinajstić information content (AvgIpc) is 3.56. The van der Waals surface area contributed by atoms with Crippen LogP contribution in [0.5, 0.6) is 5.75 Å². The van der Waals surface area contributed by atoms with E-state index in [1.165, 1.54) is 5.01 Å². The Bertz CT molecular complexity index is 1160. The molecule has 2 aromatic rings. The summed E-state index contributed by atoms with van der Waals surface area (Å²) >= 11 is 6.00. The van der Waals surface area contributed by atoms with Crippen LogP contribution in [0.1, 0.15) is 67.5 Å². The third-order valence-corrected chi connectivity index (χ3v) is 6.70. The lowest BCUT2D eigenvalue weighted by molar-refractivity contribution is -0.789. The fraction of sp³-hybridized carbons (Fsp3) is 0.500. The Morgan fingerprint density at radius 2 is 2.05 bits per heavy atom. The summed E-state index contributed by atoms with van der Waals surface area (Å²) in [5, 5.41) is 1.98. The molecule has 3 heterocycles. The average molecular weight is 548 g/mol. The summed E-state index contributed by atoms with van der Waals surface area (Å²) in [5.41, 5.74) is 5.53. The maximum atomic E-state index is 12.6. The largest absolute Gasteiger partial charge is 0.464 e. The minimum absolute atomic E-state index is 0.173. The van der Waals surface area contributed by atoms with Gasteiger partial charge in [-0.2, -0.15) is 0 Å². The summed E-state index contributed by atoms with van der Waals surface area (Å²) in [7, 11) is 0. The molecule has 1 aromatic heterocycles. The van der Waals surface area contributed by atoms with Crippen LogP contribution in [0.4, 0.5) is 0 Å². The number of halogens is 1. The van der Waals surface area contributed by atoms with Crippen molar-refractivity contribution in [1.82, 2.24) is 15.6 Å². The molecule has 2 aliphatic rings. The monoisotopic (exact) mass is 547 g/mol. The van der Waals surface area contributed by atoms with E-state index in [4.69, 9.17) is 30.6 Å². The molecular formula is C26H32ClN4O7+. The molecule has 12 heteroatoms. The summed E-state index contributed by atoms with van der Waals surface area (Å²) in [6, 6.07) is 6.80. The van der Waals surface area contributed by atoms with Crippen molar-refractivity contribution in [3.63, 3.8) is 0 Å². The lowest BCUT2D eigenvalue weighted by Gasteiger charge is -2.14. The maximum absolute atomic E-state index is 12.6. The van der Waals surface area contributed by atoms with Gasteiger partial charge >= 0.3 is 11.9 Å². The van der Waals surface area contributed by atoms with E-state index in [0.29, 0.717) is 60.3 Å². The molecule has 11 nitrogen and oxygen atoms in total. The normalized spacial score (nSPS) is 18.2. The van der Waals surface area contributed by atoms with E-state index >= 15 is 0 Å². The lowest BCUT2D eigenvalue weighted by Crippen LogP contribution is -2.48. The fourth-order valence-electron chi connectivity index (χ4n) is 4.54. The highest BCUT2D eigenvalue weighted by Crippen LogP contribution is 2.41. The number of hydrogen-bond donors (Lipinski definition) is 1. The van der Waals surface area contributed by atoms with Gasteiger partial charge < -0.3 is 14.2 Å². The molecule has 1 saturated heterocycles. The highest BCUT2D eigenvalue weighted by Gasteiger charge is 2.41. The number of hydrogen-bond acceptors (Lipinski definition) is 8. The Morgan fingerprint density at radius 3 is 2.82 bits per heavy atom. The number of nitrogens with zero attached hydrogens (tertiary/aromatic N) is 3. The molecular weight excluding hydrogens is 516 g/mol. The smallest absolute Gasteiger partial charge is 0.334 e. The Hall–Kier alpha value is -3.28. The van der Waals surface area contributed by atoms with Crippen molar-refractivity contribution in [2.24, 2.45) is 0 Å². The van der Waals surface area contributed by atoms with Gasteiger partial charge in [-0.1, -0.05) is 28.7 Å². The molecule has 0 aliphatic carbocycles. The van der Waals surface area contributed by atoms with Crippen LogP contribution in [0.15, 0.2) is 30.5 Å². The molecule has 0 amide bonds. The number of aromatic nitrogens is 1. The van der Waals surface area contributed by atoms with Crippen LogP contribution in [0.3, 0.4) is 0 Å². The molecule has 0 bridgehead atoms. The zero-order valence-electron chi connectivity index (χ0n) is 21.5. The van der Waals surface area contributed by atoms with Gasteiger partial charge in [0, 0.05) is 34.4 Å². The minimum atomic E-state index is -0.623. The van der Waals surface area contributed by atoms with Crippen LogP contribution in [0, 0.1) is 11.8 Å². The number of pyridine rings is 1. The van der Waals surface area contributed by atoms with Gasteiger partial charge in [0.05, 0.1) is 37.0 Å². The van der Waals surface area contributed by atoms with Crippen molar-refractivity contribution in [3.8, 4) is 5.75 Å². The third kappa shape index (κ3) is 6.58. The standard InChI is InChI=1S/C26H32ClN4O7/c1-3-35-26(33)22-7-6-13-30(22)31(34)29-37-14-5-4-8-23(32)38-24-17(2)28-15-20-21(24)16-36-25(20)18-9-11-19(27)12-10-18/h9-12,15,22,25H,3-8,13-14,16H2,1-2H3,(H,29,34)/q+1/t22-,25-/m0/s1. The molecule has 2 atom stereocenters. The van der Waals surface area contributed by atoms with Crippen molar-refractivity contribution >= 4 is 23.5 Å². The number of carbonyl (C=O) groups excluding carboxylic acids is 2. The first-order valence-electron chi connectivity index (χ1n) is 12.7. The van der Waals surface area contributed by atoms with Crippen LogP contribution in [-0.4, -0.2) is 52.7 Å².